The molecule has 0 aliphatic heterocycles. The zero-order valence-corrected chi connectivity index (χ0v) is 18.1. The van der Waals surface area contributed by atoms with Crippen LogP contribution in [0.3, 0.4) is 0 Å². The lowest BCUT2D eigenvalue weighted by molar-refractivity contribution is 0.415. The zero-order chi connectivity index (χ0) is 21.6. The molecule has 0 amide bonds. The first kappa shape index (κ1) is 19.5. The van der Waals surface area contributed by atoms with Crippen LogP contribution < -0.4 is 9.46 Å². The number of hydrogen-bond donors (Lipinski definition) is 1. The highest BCUT2D eigenvalue weighted by Crippen LogP contribution is 2.32. The summed E-state index contributed by atoms with van der Waals surface area (Å²) in [5, 5.41) is 3.90. The van der Waals surface area contributed by atoms with Crippen LogP contribution in [0.1, 0.15) is 6.92 Å². The predicted molar refractivity (Wildman–Crippen MR) is 126 cm³/mol. The Bertz CT molecular complexity index is 1550. The first-order valence-corrected chi connectivity index (χ1v) is 11.6. The van der Waals surface area contributed by atoms with Crippen molar-refractivity contribution in [3.05, 3.63) is 78.9 Å². The Morgan fingerprint density at radius 3 is 2.39 bits per heavy atom. The van der Waals surface area contributed by atoms with E-state index in [2.05, 4.69) is 28.3 Å². The van der Waals surface area contributed by atoms with E-state index in [-0.39, 0.29) is 4.90 Å². The first-order chi connectivity index (χ1) is 15.0. The second kappa shape index (κ2) is 7.32. The maximum atomic E-state index is 13.1. The summed E-state index contributed by atoms with van der Waals surface area (Å²) in [6.07, 6.45) is 0. The molecule has 6 heteroatoms. The molecule has 0 unspecified atom stereocenters. The van der Waals surface area contributed by atoms with Gasteiger partial charge in [-0.05, 0) is 66.2 Å². The van der Waals surface area contributed by atoms with Gasteiger partial charge in [0.2, 0.25) is 0 Å². The highest BCUT2D eigenvalue weighted by atomic mass is 32.2. The molecule has 5 rings (SSSR count). The summed E-state index contributed by atoms with van der Waals surface area (Å²) >= 11 is 0. The van der Waals surface area contributed by atoms with Crippen LogP contribution in [0.2, 0.25) is 0 Å². The fraction of sp³-hybridized carbons (Fsp3) is 0.120. The summed E-state index contributed by atoms with van der Waals surface area (Å²) in [5.74, 6) is 0.737. The molecule has 5 aromatic rings. The van der Waals surface area contributed by atoms with Gasteiger partial charge in [0.05, 0.1) is 12.0 Å². The number of rotatable bonds is 5. The lowest BCUT2D eigenvalue weighted by Crippen LogP contribution is -2.12. The van der Waals surface area contributed by atoms with Crippen LogP contribution >= 0.6 is 0 Å². The SMILES string of the molecule is CCn1c2ccccc2c2cc(NS(=O)(=O)c3ccc4cc(OC)ccc4c3)ccc21. The number of anilines is 1. The van der Waals surface area contributed by atoms with Crippen LogP contribution in [-0.2, 0) is 16.6 Å². The number of nitrogens with zero attached hydrogens (tertiary/aromatic N) is 1. The Morgan fingerprint density at radius 1 is 0.839 bits per heavy atom. The molecule has 4 aromatic carbocycles. The molecule has 0 atom stereocenters. The lowest BCUT2D eigenvalue weighted by atomic mass is 10.1. The van der Waals surface area contributed by atoms with E-state index >= 15 is 0 Å². The Balaban J connectivity index is 1.55. The molecule has 5 nitrogen and oxygen atoms in total. The largest absolute Gasteiger partial charge is 0.497 e. The van der Waals surface area contributed by atoms with Crippen LogP contribution in [0.5, 0.6) is 5.75 Å². The molecule has 0 aliphatic rings. The molecule has 0 spiro atoms. The number of hydrogen-bond acceptors (Lipinski definition) is 3. The number of sulfonamides is 1. The summed E-state index contributed by atoms with van der Waals surface area (Å²) in [6, 6.07) is 24.5. The van der Waals surface area contributed by atoms with Crippen LogP contribution in [0.25, 0.3) is 32.6 Å². The fourth-order valence-electron chi connectivity index (χ4n) is 4.17. The van der Waals surface area contributed by atoms with Crippen molar-refractivity contribution in [3.8, 4) is 5.75 Å². The molecule has 1 heterocycles. The lowest BCUT2D eigenvalue weighted by Gasteiger charge is -2.10. The fourth-order valence-corrected chi connectivity index (χ4v) is 5.25. The summed E-state index contributed by atoms with van der Waals surface area (Å²) in [5.41, 5.74) is 2.78. The van der Waals surface area contributed by atoms with Gasteiger partial charge in [0.1, 0.15) is 5.75 Å². The third kappa shape index (κ3) is 3.29. The van der Waals surface area contributed by atoms with E-state index in [1.54, 1.807) is 25.3 Å². The quantitative estimate of drug-likeness (QED) is 0.385. The van der Waals surface area contributed by atoms with E-state index in [0.717, 1.165) is 44.9 Å². The predicted octanol–water partition coefficient (Wildman–Crippen LogP) is 5.78. The van der Waals surface area contributed by atoms with Crippen LogP contribution in [0.15, 0.2) is 83.8 Å². The molecule has 0 bridgehead atoms. The third-order valence-electron chi connectivity index (χ3n) is 5.67. The van der Waals surface area contributed by atoms with Gasteiger partial charge < -0.3 is 9.30 Å². The monoisotopic (exact) mass is 430 g/mol. The highest BCUT2D eigenvalue weighted by molar-refractivity contribution is 7.92. The summed E-state index contributed by atoms with van der Waals surface area (Å²) in [6.45, 7) is 2.95. The second-order valence-corrected chi connectivity index (χ2v) is 9.16. The maximum absolute atomic E-state index is 13.1. The number of aryl methyl sites for hydroxylation is 1. The van der Waals surface area contributed by atoms with Crippen LogP contribution in [0, 0.1) is 0 Å². The Hall–Kier alpha value is -3.51. The van der Waals surface area contributed by atoms with Gasteiger partial charge in [-0.1, -0.05) is 30.3 Å². The number of nitrogens with one attached hydrogen (secondary N) is 1. The summed E-state index contributed by atoms with van der Waals surface area (Å²) in [7, 11) is -2.12. The summed E-state index contributed by atoms with van der Waals surface area (Å²) in [4.78, 5) is 0.223. The van der Waals surface area contributed by atoms with Gasteiger partial charge in [0, 0.05) is 34.0 Å². The minimum Gasteiger partial charge on any atom is -0.497 e. The number of benzene rings is 4. The van der Waals surface area contributed by atoms with E-state index in [1.165, 1.54) is 0 Å². The molecule has 0 saturated heterocycles. The average molecular weight is 431 g/mol. The standard InChI is InChI=1S/C25H22N2O3S/c1-3-27-24-7-5-4-6-22(24)23-16-19(10-13-25(23)27)26-31(28,29)21-12-9-17-14-20(30-2)11-8-18(17)15-21/h4-16,26H,3H2,1-2H3. The van der Waals surface area contributed by atoms with Crippen molar-refractivity contribution in [2.45, 2.75) is 18.4 Å². The number of aromatic nitrogens is 1. The van der Waals surface area contributed by atoms with Gasteiger partial charge in [-0.3, -0.25) is 4.72 Å². The van der Waals surface area contributed by atoms with Crippen molar-refractivity contribution >= 4 is 48.3 Å². The topological polar surface area (TPSA) is 60.3 Å². The zero-order valence-electron chi connectivity index (χ0n) is 17.3. The molecular formula is C25H22N2O3S. The Morgan fingerprint density at radius 2 is 1.58 bits per heavy atom. The molecule has 31 heavy (non-hydrogen) atoms. The molecule has 1 N–H and O–H groups in total. The minimum absolute atomic E-state index is 0.223. The minimum atomic E-state index is -3.73. The second-order valence-electron chi connectivity index (χ2n) is 7.47. The van der Waals surface area contributed by atoms with Crippen molar-refractivity contribution in [3.63, 3.8) is 0 Å². The van der Waals surface area contributed by atoms with Crippen LogP contribution in [0.4, 0.5) is 5.69 Å². The van der Waals surface area contributed by atoms with E-state index in [4.69, 9.17) is 4.74 Å². The van der Waals surface area contributed by atoms with E-state index in [1.807, 2.05) is 48.5 Å². The number of para-hydroxylation sites is 1. The Labute approximate surface area is 180 Å². The molecule has 0 saturated carbocycles. The van der Waals surface area contributed by atoms with E-state index < -0.39 is 10.0 Å². The van der Waals surface area contributed by atoms with Gasteiger partial charge in [0.25, 0.3) is 10.0 Å². The van der Waals surface area contributed by atoms with Crippen molar-refractivity contribution < 1.29 is 13.2 Å². The van der Waals surface area contributed by atoms with Gasteiger partial charge in [-0.15, -0.1) is 0 Å². The normalized spacial score (nSPS) is 11.9. The van der Waals surface area contributed by atoms with Crippen molar-refractivity contribution in [1.82, 2.24) is 4.57 Å². The average Bonchev–Trinajstić information content (AvgIpc) is 3.11. The third-order valence-corrected chi connectivity index (χ3v) is 7.05. The van der Waals surface area contributed by atoms with Crippen LogP contribution in [-0.4, -0.2) is 20.1 Å². The Kier molecular flexibility index (Phi) is 4.59. The summed E-state index contributed by atoms with van der Waals surface area (Å²) < 4.78 is 36.4. The highest BCUT2D eigenvalue weighted by Gasteiger charge is 2.16. The van der Waals surface area contributed by atoms with Gasteiger partial charge in [0.15, 0.2) is 0 Å². The molecule has 156 valence electrons. The molecule has 0 radical (unpaired) electrons. The van der Waals surface area contributed by atoms with E-state index in [9.17, 15) is 8.42 Å². The molecular weight excluding hydrogens is 408 g/mol. The first-order valence-electron chi connectivity index (χ1n) is 10.1. The van der Waals surface area contributed by atoms with Gasteiger partial charge in [-0.25, -0.2) is 8.42 Å². The number of methoxy groups -OCH3 is 1. The molecule has 0 aliphatic carbocycles. The van der Waals surface area contributed by atoms with Crippen molar-refractivity contribution in [1.29, 1.82) is 0 Å². The van der Waals surface area contributed by atoms with Crippen molar-refractivity contribution in [2.75, 3.05) is 11.8 Å². The van der Waals surface area contributed by atoms with Crippen molar-refractivity contribution in [2.24, 2.45) is 0 Å². The number of fused-ring (bicyclic) bond motifs is 4. The van der Waals surface area contributed by atoms with Gasteiger partial charge in [-0.2, -0.15) is 0 Å². The smallest absolute Gasteiger partial charge is 0.261 e. The van der Waals surface area contributed by atoms with Gasteiger partial charge >= 0.3 is 0 Å². The maximum Gasteiger partial charge on any atom is 0.261 e. The molecule has 0 fully saturated rings. The number of ether oxygens (including phenoxy) is 1. The molecule has 1 aromatic heterocycles. The van der Waals surface area contributed by atoms with E-state index in [0.29, 0.717) is 5.69 Å².